The van der Waals surface area contributed by atoms with Crippen LogP contribution in [0.4, 0.5) is 10.1 Å². The van der Waals surface area contributed by atoms with Crippen molar-refractivity contribution < 1.29 is 4.39 Å². The first kappa shape index (κ1) is 13.8. The van der Waals surface area contributed by atoms with Gasteiger partial charge in [0.1, 0.15) is 5.82 Å². The van der Waals surface area contributed by atoms with Gasteiger partial charge < -0.3 is 5.32 Å². The van der Waals surface area contributed by atoms with E-state index in [9.17, 15) is 4.39 Å². The van der Waals surface area contributed by atoms with Gasteiger partial charge in [0.05, 0.1) is 0 Å². The first-order valence-electron chi connectivity index (χ1n) is 5.18. The van der Waals surface area contributed by atoms with Crippen molar-refractivity contribution in [2.75, 3.05) is 5.32 Å². The Morgan fingerprint density at radius 1 is 1.06 bits per heavy atom. The van der Waals surface area contributed by atoms with Crippen molar-refractivity contribution in [3.8, 4) is 0 Å². The minimum absolute atomic E-state index is 0.345. The number of halogens is 4. The fraction of sp³-hybridized carbons (Fsp3) is 0.0769. The molecule has 0 aliphatic rings. The molecule has 0 amide bonds. The van der Waals surface area contributed by atoms with Crippen LogP contribution in [0.15, 0.2) is 45.3 Å². The van der Waals surface area contributed by atoms with Crippen molar-refractivity contribution in [3.63, 3.8) is 0 Å². The van der Waals surface area contributed by atoms with E-state index >= 15 is 0 Å². The minimum atomic E-state index is -0.345. The molecule has 0 aliphatic carbocycles. The van der Waals surface area contributed by atoms with Gasteiger partial charge in [-0.25, -0.2) is 4.39 Å². The van der Waals surface area contributed by atoms with E-state index in [2.05, 4.69) is 37.2 Å². The lowest BCUT2D eigenvalue weighted by Gasteiger charge is -2.08. The van der Waals surface area contributed by atoms with E-state index in [0.717, 1.165) is 14.5 Å². The third-order valence-corrected chi connectivity index (χ3v) is 4.44. The maximum Gasteiger partial charge on any atom is 0.126 e. The molecule has 2 aromatic carbocycles. The summed E-state index contributed by atoms with van der Waals surface area (Å²) in [5.74, 6) is -0.345. The molecule has 18 heavy (non-hydrogen) atoms. The molecule has 2 aromatic rings. The topological polar surface area (TPSA) is 12.0 Å². The summed E-state index contributed by atoms with van der Waals surface area (Å²) >= 11 is 12.6. The van der Waals surface area contributed by atoms with Crippen LogP contribution < -0.4 is 5.32 Å². The van der Waals surface area contributed by atoms with Gasteiger partial charge in [-0.1, -0.05) is 17.7 Å². The number of benzene rings is 2. The van der Waals surface area contributed by atoms with E-state index < -0.39 is 0 Å². The molecule has 0 unspecified atom stereocenters. The van der Waals surface area contributed by atoms with Crippen LogP contribution in [-0.4, -0.2) is 0 Å². The average Bonchev–Trinajstić information content (AvgIpc) is 2.29. The maximum absolute atomic E-state index is 13.1. The minimum Gasteiger partial charge on any atom is -0.381 e. The fourth-order valence-corrected chi connectivity index (χ4v) is 2.40. The summed E-state index contributed by atoms with van der Waals surface area (Å²) in [5.41, 5.74) is 1.75. The zero-order valence-electron chi connectivity index (χ0n) is 9.18. The van der Waals surface area contributed by atoms with E-state index in [4.69, 9.17) is 11.6 Å². The molecule has 0 bridgehead atoms. The van der Waals surface area contributed by atoms with E-state index in [0.29, 0.717) is 17.3 Å². The quantitative estimate of drug-likeness (QED) is 0.714. The van der Waals surface area contributed by atoms with Crippen molar-refractivity contribution >= 4 is 49.1 Å². The highest BCUT2D eigenvalue weighted by molar-refractivity contribution is 9.13. The van der Waals surface area contributed by atoms with E-state index in [1.807, 2.05) is 18.2 Å². The molecule has 0 spiro atoms. The SMILES string of the molecule is Fc1cc(Cl)cc(NCc2ccc(Br)c(Br)c2)c1. The molecule has 0 radical (unpaired) electrons. The van der Waals surface area contributed by atoms with Crippen LogP contribution in [0.1, 0.15) is 5.56 Å². The van der Waals surface area contributed by atoms with Gasteiger partial charge in [0.25, 0.3) is 0 Å². The summed E-state index contributed by atoms with van der Waals surface area (Å²) in [7, 11) is 0. The summed E-state index contributed by atoms with van der Waals surface area (Å²) in [4.78, 5) is 0. The summed E-state index contributed by atoms with van der Waals surface area (Å²) in [5, 5.41) is 3.51. The van der Waals surface area contributed by atoms with Crippen LogP contribution in [0.2, 0.25) is 5.02 Å². The number of nitrogens with one attached hydrogen (secondary N) is 1. The lowest BCUT2D eigenvalue weighted by atomic mass is 10.2. The second-order valence-corrected chi connectivity index (χ2v) is 5.91. The van der Waals surface area contributed by atoms with Crippen molar-refractivity contribution in [2.24, 2.45) is 0 Å². The molecule has 0 saturated heterocycles. The molecule has 1 nitrogen and oxygen atoms in total. The summed E-state index contributed by atoms with van der Waals surface area (Å²) in [6.07, 6.45) is 0. The lowest BCUT2D eigenvalue weighted by molar-refractivity contribution is 0.628. The zero-order valence-corrected chi connectivity index (χ0v) is 13.1. The first-order valence-corrected chi connectivity index (χ1v) is 7.15. The lowest BCUT2D eigenvalue weighted by Crippen LogP contribution is -1.99. The van der Waals surface area contributed by atoms with Gasteiger partial charge in [0, 0.05) is 26.2 Å². The standard InChI is InChI=1S/C13H9Br2ClFN/c14-12-2-1-8(3-13(12)15)7-18-11-5-9(16)4-10(17)6-11/h1-6,18H,7H2. The molecule has 1 N–H and O–H groups in total. The van der Waals surface area contributed by atoms with Gasteiger partial charge in [0.15, 0.2) is 0 Å². The Morgan fingerprint density at radius 3 is 2.50 bits per heavy atom. The van der Waals surface area contributed by atoms with E-state index in [-0.39, 0.29) is 5.82 Å². The van der Waals surface area contributed by atoms with Crippen LogP contribution in [-0.2, 0) is 6.54 Å². The summed E-state index contributed by atoms with van der Waals surface area (Å²) in [6.45, 7) is 0.603. The number of hydrogen-bond donors (Lipinski definition) is 1. The summed E-state index contributed by atoms with van der Waals surface area (Å²) in [6, 6.07) is 10.3. The molecule has 94 valence electrons. The van der Waals surface area contributed by atoms with E-state index in [1.54, 1.807) is 6.07 Å². The number of rotatable bonds is 3. The first-order chi connectivity index (χ1) is 8.54. The van der Waals surface area contributed by atoms with Gasteiger partial charge in [-0.2, -0.15) is 0 Å². The molecule has 0 aliphatic heterocycles. The molecule has 2 rings (SSSR count). The molecule has 0 atom stereocenters. The highest BCUT2D eigenvalue weighted by Gasteiger charge is 2.01. The monoisotopic (exact) mass is 391 g/mol. The predicted octanol–water partition coefficient (Wildman–Crippen LogP) is 5.62. The number of hydrogen-bond acceptors (Lipinski definition) is 1. The molecule has 0 aromatic heterocycles. The van der Waals surface area contributed by atoms with Crippen molar-refractivity contribution in [1.82, 2.24) is 0 Å². The third kappa shape index (κ3) is 3.70. The van der Waals surface area contributed by atoms with Crippen LogP contribution in [0.3, 0.4) is 0 Å². The largest absolute Gasteiger partial charge is 0.381 e. The maximum atomic E-state index is 13.1. The Balaban J connectivity index is 2.08. The normalized spacial score (nSPS) is 10.4. The second kappa shape index (κ2) is 6.04. The molecule has 0 fully saturated rings. The Bertz CT molecular complexity index is 555. The van der Waals surface area contributed by atoms with Gasteiger partial charge >= 0.3 is 0 Å². The Morgan fingerprint density at radius 2 is 1.83 bits per heavy atom. The number of anilines is 1. The van der Waals surface area contributed by atoms with Crippen molar-refractivity contribution in [2.45, 2.75) is 6.54 Å². The fourth-order valence-electron chi connectivity index (χ4n) is 1.51. The molecule has 0 saturated carbocycles. The summed E-state index contributed by atoms with van der Waals surface area (Å²) < 4.78 is 15.1. The highest BCUT2D eigenvalue weighted by atomic mass is 79.9. The van der Waals surface area contributed by atoms with Crippen LogP contribution in [0.5, 0.6) is 0 Å². The second-order valence-electron chi connectivity index (χ2n) is 3.76. The predicted molar refractivity (Wildman–Crippen MR) is 80.6 cm³/mol. The zero-order chi connectivity index (χ0) is 13.1. The molecular weight excluding hydrogens is 384 g/mol. The Kier molecular flexibility index (Phi) is 4.65. The Hall–Kier alpha value is -0.580. The average molecular weight is 393 g/mol. The highest BCUT2D eigenvalue weighted by Crippen LogP contribution is 2.24. The van der Waals surface area contributed by atoms with E-state index in [1.165, 1.54) is 12.1 Å². The van der Waals surface area contributed by atoms with Gasteiger partial charge in [-0.05, 0) is 67.8 Å². The smallest absolute Gasteiger partial charge is 0.126 e. The van der Waals surface area contributed by atoms with Crippen LogP contribution in [0.25, 0.3) is 0 Å². The van der Waals surface area contributed by atoms with Crippen LogP contribution in [0, 0.1) is 5.82 Å². The van der Waals surface area contributed by atoms with Crippen molar-refractivity contribution in [3.05, 3.63) is 61.7 Å². The Labute approximate surface area is 127 Å². The van der Waals surface area contributed by atoms with Gasteiger partial charge in [0.2, 0.25) is 0 Å². The van der Waals surface area contributed by atoms with Gasteiger partial charge in [-0.15, -0.1) is 0 Å². The van der Waals surface area contributed by atoms with Crippen molar-refractivity contribution in [1.29, 1.82) is 0 Å². The third-order valence-electron chi connectivity index (χ3n) is 2.34. The molecule has 0 heterocycles. The molecule has 5 heteroatoms. The molecular formula is C13H9Br2ClFN. The van der Waals surface area contributed by atoms with Crippen LogP contribution >= 0.6 is 43.5 Å². The van der Waals surface area contributed by atoms with Gasteiger partial charge in [-0.3, -0.25) is 0 Å².